The fourth-order valence-electron chi connectivity index (χ4n) is 1.71. The number of hydrogen-bond donors (Lipinski definition) is 2. The molecule has 16 heavy (non-hydrogen) atoms. The first-order chi connectivity index (χ1) is 7.68. The molecule has 3 nitrogen and oxygen atoms in total. The van der Waals surface area contributed by atoms with Crippen LogP contribution in [0, 0.1) is 0 Å². The zero-order chi connectivity index (χ0) is 11.4. The number of nitrogens with zero attached hydrogens (tertiary/aromatic N) is 1. The van der Waals surface area contributed by atoms with Gasteiger partial charge >= 0.3 is 0 Å². The van der Waals surface area contributed by atoms with Gasteiger partial charge in [0, 0.05) is 12.4 Å². The molecule has 0 fully saturated rings. The van der Waals surface area contributed by atoms with E-state index in [4.69, 9.17) is 0 Å². The van der Waals surface area contributed by atoms with Crippen LogP contribution in [0.3, 0.4) is 0 Å². The zero-order valence-electron chi connectivity index (χ0n) is 9.35. The Balaban J connectivity index is 2.00. The van der Waals surface area contributed by atoms with Crippen molar-refractivity contribution < 1.29 is 5.11 Å². The Hall–Kier alpha value is -1.61. The molecule has 3 heteroatoms. The summed E-state index contributed by atoms with van der Waals surface area (Å²) in [5, 5.41) is 10.2. The van der Waals surface area contributed by atoms with Crippen LogP contribution in [0.25, 0.3) is 0 Å². The monoisotopic (exact) mass is 216 g/mol. The molecule has 1 heterocycles. The molecule has 0 aliphatic rings. The minimum absolute atomic E-state index is 0.628. The van der Waals surface area contributed by atoms with E-state index in [1.165, 1.54) is 5.56 Å². The number of benzene rings is 1. The van der Waals surface area contributed by atoms with Gasteiger partial charge in [0.25, 0.3) is 0 Å². The molecule has 0 saturated carbocycles. The van der Waals surface area contributed by atoms with E-state index in [2.05, 4.69) is 22.1 Å². The lowest BCUT2D eigenvalue weighted by Crippen LogP contribution is -2.23. The fourth-order valence-corrected chi connectivity index (χ4v) is 1.71. The summed E-state index contributed by atoms with van der Waals surface area (Å²) in [5.74, 6) is 0.628. The summed E-state index contributed by atoms with van der Waals surface area (Å²) in [7, 11) is 0. The van der Waals surface area contributed by atoms with Crippen LogP contribution in [0.4, 0.5) is 0 Å². The SMILES string of the molecule is CC(O)(CCc1ccccc1)c1ncc[nH]1. The van der Waals surface area contributed by atoms with Crippen molar-refractivity contribution in [2.75, 3.05) is 0 Å². The highest BCUT2D eigenvalue weighted by Crippen LogP contribution is 2.22. The van der Waals surface area contributed by atoms with Gasteiger partial charge < -0.3 is 10.1 Å². The molecule has 0 bridgehead atoms. The average Bonchev–Trinajstić information content (AvgIpc) is 2.82. The molecule has 0 amide bonds. The number of aryl methyl sites for hydroxylation is 1. The fraction of sp³-hybridized carbons (Fsp3) is 0.308. The summed E-state index contributed by atoms with van der Waals surface area (Å²) in [6, 6.07) is 10.2. The standard InChI is InChI=1S/C13H16N2O/c1-13(16,12-14-9-10-15-12)8-7-11-5-3-2-4-6-11/h2-6,9-10,16H,7-8H2,1H3,(H,14,15). The summed E-state index contributed by atoms with van der Waals surface area (Å²) in [6.07, 6.45) is 4.89. The van der Waals surface area contributed by atoms with E-state index >= 15 is 0 Å². The van der Waals surface area contributed by atoms with Gasteiger partial charge in [-0.1, -0.05) is 30.3 Å². The third-order valence-electron chi connectivity index (χ3n) is 2.75. The Morgan fingerprint density at radius 1 is 1.31 bits per heavy atom. The van der Waals surface area contributed by atoms with Crippen LogP contribution < -0.4 is 0 Å². The second kappa shape index (κ2) is 4.49. The van der Waals surface area contributed by atoms with Crippen molar-refractivity contribution >= 4 is 0 Å². The summed E-state index contributed by atoms with van der Waals surface area (Å²) < 4.78 is 0. The van der Waals surface area contributed by atoms with Gasteiger partial charge in [0.15, 0.2) is 0 Å². The molecule has 2 rings (SSSR count). The molecule has 1 aromatic carbocycles. The number of aromatic amines is 1. The molecule has 2 N–H and O–H groups in total. The first-order valence-corrected chi connectivity index (χ1v) is 5.45. The zero-order valence-corrected chi connectivity index (χ0v) is 9.35. The second-order valence-corrected chi connectivity index (χ2v) is 4.20. The number of aliphatic hydroxyl groups is 1. The van der Waals surface area contributed by atoms with Crippen LogP contribution in [0.5, 0.6) is 0 Å². The number of hydrogen-bond acceptors (Lipinski definition) is 2. The lowest BCUT2D eigenvalue weighted by molar-refractivity contribution is 0.0396. The van der Waals surface area contributed by atoms with E-state index in [0.29, 0.717) is 12.2 Å². The van der Waals surface area contributed by atoms with Crippen molar-refractivity contribution in [1.29, 1.82) is 0 Å². The lowest BCUT2D eigenvalue weighted by atomic mass is 9.96. The molecule has 0 aliphatic carbocycles. The van der Waals surface area contributed by atoms with E-state index in [-0.39, 0.29) is 0 Å². The Labute approximate surface area is 95.2 Å². The number of rotatable bonds is 4. The van der Waals surface area contributed by atoms with Gasteiger partial charge in [0.05, 0.1) is 0 Å². The molecule has 0 spiro atoms. The van der Waals surface area contributed by atoms with Gasteiger partial charge in [0.2, 0.25) is 0 Å². The largest absolute Gasteiger partial charge is 0.382 e. The van der Waals surface area contributed by atoms with Crippen LogP contribution in [0.1, 0.15) is 24.7 Å². The van der Waals surface area contributed by atoms with Gasteiger partial charge in [-0.05, 0) is 25.3 Å². The van der Waals surface area contributed by atoms with E-state index in [9.17, 15) is 5.11 Å². The number of nitrogens with one attached hydrogen (secondary N) is 1. The Morgan fingerprint density at radius 2 is 2.06 bits per heavy atom. The van der Waals surface area contributed by atoms with Crippen molar-refractivity contribution in [2.24, 2.45) is 0 Å². The van der Waals surface area contributed by atoms with E-state index < -0.39 is 5.60 Å². The molecule has 1 atom stereocenters. The molecule has 0 aliphatic heterocycles. The maximum absolute atomic E-state index is 10.2. The maximum Gasteiger partial charge on any atom is 0.137 e. The van der Waals surface area contributed by atoms with Crippen molar-refractivity contribution in [3.8, 4) is 0 Å². The molecule has 0 saturated heterocycles. The summed E-state index contributed by atoms with van der Waals surface area (Å²) in [4.78, 5) is 7.05. The Kier molecular flexibility index (Phi) is 3.06. The van der Waals surface area contributed by atoms with Gasteiger partial charge in [-0.15, -0.1) is 0 Å². The van der Waals surface area contributed by atoms with Crippen LogP contribution >= 0.6 is 0 Å². The lowest BCUT2D eigenvalue weighted by Gasteiger charge is -2.20. The molecule has 1 aromatic heterocycles. The highest BCUT2D eigenvalue weighted by Gasteiger charge is 2.25. The molecule has 0 radical (unpaired) electrons. The van der Waals surface area contributed by atoms with Crippen molar-refractivity contribution in [3.05, 3.63) is 54.1 Å². The summed E-state index contributed by atoms with van der Waals surface area (Å²) >= 11 is 0. The highest BCUT2D eigenvalue weighted by molar-refractivity contribution is 5.15. The number of imidazole rings is 1. The van der Waals surface area contributed by atoms with Crippen LogP contribution in [-0.2, 0) is 12.0 Å². The van der Waals surface area contributed by atoms with E-state index in [1.807, 2.05) is 18.2 Å². The number of H-pyrrole nitrogens is 1. The van der Waals surface area contributed by atoms with Crippen LogP contribution in [0.2, 0.25) is 0 Å². The third kappa shape index (κ3) is 2.49. The number of aromatic nitrogens is 2. The quantitative estimate of drug-likeness (QED) is 0.823. The van der Waals surface area contributed by atoms with Gasteiger partial charge in [0.1, 0.15) is 11.4 Å². The predicted molar refractivity (Wildman–Crippen MR) is 62.9 cm³/mol. The molecular weight excluding hydrogens is 200 g/mol. The van der Waals surface area contributed by atoms with E-state index in [1.54, 1.807) is 19.3 Å². The maximum atomic E-state index is 10.2. The minimum Gasteiger partial charge on any atom is -0.382 e. The first kappa shape index (κ1) is 10.9. The average molecular weight is 216 g/mol. The van der Waals surface area contributed by atoms with E-state index in [0.717, 1.165) is 6.42 Å². The van der Waals surface area contributed by atoms with Gasteiger partial charge in [-0.3, -0.25) is 0 Å². The van der Waals surface area contributed by atoms with Crippen molar-refractivity contribution in [2.45, 2.75) is 25.4 Å². The molecular formula is C13H16N2O. The minimum atomic E-state index is -0.890. The smallest absolute Gasteiger partial charge is 0.137 e. The first-order valence-electron chi connectivity index (χ1n) is 5.45. The molecule has 84 valence electrons. The molecule has 2 aromatic rings. The molecule has 1 unspecified atom stereocenters. The third-order valence-corrected chi connectivity index (χ3v) is 2.75. The van der Waals surface area contributed by atoms with Gasteiger partial charge in [-0.2, -0.15) is 0 Å². The van der Waals surface area contributed by atoms with Gasteiger partial charge in [-0.25, -0.2) is 4.98 Å². The normalized spacial score (nSPS) is 14.6. The summed E-state index contributed by atoms with van der Waals surface area (Å²) in [6.45, 7) is 1.79. The van der Waals surface area contributed by atoms with Crippen molar-refractivity contribution in [3.63, 3.8) is 0 Å². The second-order valence-electron chi connectivity index (χ2n) is 4.20. The summed E-state index contributed by atoms with van der Waals surface area (Å²) in [5.41, 5.74) is 0.341. The topological polar surface area (TPSA) is 48.9 Å². The Morgan fingerprint density at radius 3 is 2.69 bits per heavy atom. The highest BCUT2D eigenvalue weighted by atomic mass is 16.3. The van der Waals surface area contributed by atoms with Crippen molar-refractivity contribution in [1.82, 2.24) is 9.97 Å². The predicted octanol–water partition coefficient (Wildman–Crippen LogP) is 2.25. The Bertz CT molecular complexity index is 420. The van der Waals surface area contributed by atoms with Crippen LogP contribution in [0.15, 0.2) is 42.7 Å². The van der Waals surface area contributed by atoms with Crippen LogP contribution in [-0.4, -0.2) is 15.1 Å².